The number of hydrogen-bond donors (Lipinski definition) is 1. The normalized spacial score (nSPS) is 28.7. The van der Waals surface area contributed by atoms with Gasteiger partial charge in [0, 0.05) is 44.9 Å². The van der Waals surface area contributed by atoms with Crippen molar-refractivity contribution in [2.45, 2.75) is 51.6 Å². The molecule has 4 nitrogen and oxygen atoms in total. The highest BCUT2D eigenvalue weighted by molar-refractivity contribution is 4.94. The third kappa shape index (κ3) is 5.38. The molecule has 0 aromatic carbocycles. The summed E-state index contributed by atoms with van der Waals surface area (Å²) in [4.78, 5) is 2.65. The average molecular weight is 272 g/mol. The van der Waals surface area contributed by atoms with Gasteiger partial charge in [0.2, 0.25) is 0 Å². The van der Waals surface area contributed by atoms with Crippen LogP contribution in [0.4, 0.5) is 0 Å². The lowest BCUT2D eigenvalue weighted by atomic mass is 9.91. The highest BCUT2D eigenvalue weighted by Gasteiger charge is 2.35. The standard InChI is InChI=1S/C15H32N2O2/c1-5-14-12-17(15(3,6-2)13-16-14)8-7-9-19-11-10-18-4/h14,16H,5-13H2,1-4H3. The predicted molar refractivity (Wildman–Crippen MR) is 79.7 cm³/mol. The molecular weight excluding hydrogens is 240 g/mol. The molecule has 1 heterocycles. The quantitative estimate of drug-likeness (QED) is 0.650. The number of nitrogens with one attached hydrogen (secondary N) is 1. The van der Waals surface area contributed by atoms with E-state index in [0.717, 1.165) is 26.1 Å². The van der Waals surface area contributed by atoms with E-state index in [1.807, 2.05) is 0 Å². The zero-order valence-corrected chi connectivity index (χ0v) is 13.2. The van der Waals surface area contributed by atoms with Gasteiger partial charge in [-0.15, -0.1) is 0 Å². The minimum absolute atomic E-state index is 0.304. The van der Waals surface area contributed by atoms with Crippen molar-refractivity contribution in [3.05, 3.63) is 0 Å². The van der Waals surface area contributed by atoms with Gasteiger partial charge in [0.1, 0.15) is 0 Å². The van der Waals surface area contributed by atoms with Gasteiger partial charge >= 0.3 is 0 Å². The maximum Gasteiger partial charge on any atom is 0.0700 e. The summed E-state index contributed by atoms with van der Waals surface area (Å²) in [7, 11) is 1.71. The maximum absolute atomic E-state index is 5.55. The van der Waals surface area contributed by atoms with Crippen molar-refractivity contribution in [1.29, 1.82) is 0 Å². The Bertz CT molecular complexity index is 238. The lowest BCUT2D eigenvalue weighted by Crippen LogP contribution is -2.63. The number of rotatable bonds is 9. The lowest BCUT2D eigenvalue weighted by molar-refractivity contribution is 0.0287. The Morgan fingerprint density at radius 3 is 2.68 bits per heavy atom. The van der Waals surface area contributed by atoms with Crippen LogP contribution in [-0.4, -0.2) is 63.0 Å². The Hall–Kier alpha value is -0.160. The molecule has 0 bridgehead atoms. The molecule has 0 aromatic heterocycles. The second-order valence-electron chi connectivity index (χ2n) is 5.74. The summed E-state index contributed by atoms with van der Waals surface area (Å²) in [5.74, 6) is 0. The van der Waals surface area contributed by atoms with Gasteiger partial charge in [-0.05, 0) is 26.2 Å². The fourth-order valence-corrected chi connectivity index (χ4v) is 2.61. The molecule has 0 radical (unpaired) electrons. The molecular formula is C15H32N2O2. The summed E-state index contributed by atoms with van der Waals surface area (Å²) >= 11 is 0. The number of ether oxygens (including phenoxy) is 2. The molecule has 0 aromatic rings. The van der Waals surface area contributed by atoms with Crippen LogP contribution in [0, 0.1) is 0 Å². The molecule has 4 heteroatoms. The van der Waals surface area contributed by atoms with Crippen molar-refractivity contribution < 1.29 is 9.47 Å². The zero-order valence-electron chi connectivity index (χ0n) is 13.2. The monoisotopic (exact) mass is 272 g/mol. The molecule has 2 atom stereocenters. The fourth-order valence-electron chi connectivity index (χ4n) is 2.61. The fraction of sp³-hybridized carbons (Fsp3) is 1.00. The molecule has 0 spiro atoms. The van der Waals surface area contributed by atoms with Gasteiger partial charge < -0.3 is 14.8 Å². The summed E-state index contributed by atoms with van der Waals surface area (Å²) in [5.41, 5.74) is 0.304. The van der Waals surface area contributed by atoms with Crippen molar-refractivity contribution >= 4 is 0 Å². The third-order valence-electron chi connectivity index (χ3n) is 4.38. The lowest BCUT2D eigenvalue weighted by Gasteiger charge is -2.48. The first-order valence-corrected chi connectivity index (χ1v) is 7.71. The van der Waals surface area contributed by atoms with Gasteiger partial charge in [-0.25, -0.2) is 0 Å². The molecule has 114 valence electrons. The Morgan fingerprint density at radius 2 is 2.05 bits per heavy atom. The van der Waals surface area contributed by atoms with E-state index in [1.54, 1.807) is 7.11 Å². The Labute approximate surface area is 118 Å². The van der Waals surface area contributed by atoms with E-state index in [1.165, 1.54) is 19.4 Å². The smallest absolute Gasteiger partial charge is 0.0700 e. The van der Waals surface area contributed by atoms with E-state index in [2.05, 4.69) is 31.0 Å². The van der Waals surface area contributed by atoms with Gasteiger partial charge in [0.25, 0.3) is 0 Å². The number of hydrogen-bond acceptors (Lipinski definition) is 4. The Kier molecular flexibility index (Phi) is 7.91. The first-order chi connectivity index (χ1) is 9.16. The van der Waals surface area contributed by atoms with Crippen LogP contribution in [-0.2, 0) is 9.47 Å². The van der Waals surface area contributed by atoms with Gasteiger partial charge in [-0.1, -0.05) is 13.8 Å². The SMILES string of the molecule is CCC1CN(CCCOCCOC)C(C)(CC)CN1. The average Bonchev–Trinajstić information content (AvgIpc) is 2.44. The number of methoxy groups -OCH3 is 1. The van der Waals surface area contributed by atoms with Crippen molar-refractivity contribution in [1.82, 2.24) is 10.2 Å². The van der Waals surface area contributed by atoms with E-state index in [0.29, 0.717) is 24.8 Å². The number of piperazine rings is 1. The second-order valence-corrected chi connectivity index (χ2v) is 5.74. The van der Waals surface area contributed by atoms with Crippen LogP contribution < -0.4 is 5.32 Å². The van der Waals surface area contributed by atoms with Gasteiger partial charge in [-0.2, -0.15) is 0 Å². The molecule has 1 aliphatic heterocycles. The molecule has 19 heavy (non-hydrogen) atoms. The van der Waals surface area contributed by atoms with Crippen molar-refractivity contribution in [2.24, 2.45) is 0 Å². The summed E-state index contributed by atoms with van der Waals surface area (Å²) in [6.45, 7) is 12.6. The van der Waals surface area contributed by atoms with Crippen molar-refractivity contribution in [3.8, 4) is 0 Å². The molecule has 1 aliphatic rings. The minimum atomic E-state index is 0.304. The molecule has 0 aliphatic carbocycles. The van der Waals surface area contributed by atoms with Crippen LogP contribution in [0.15, 0.2) is 0 Å². The highest BCUT2D eigenvalue weighted by Crippen LogP contribution is 2.23. The van der Waals surface area contributed by atoms with E-state index < -0.39 is 0 Å². The Balaban J connectivity index is 2.30. The first kappa shape index (κ1) is 16.9. The minimum Gasteiger partial charge on any atom is -0.382 e. The van der Waals surface area contributed by atoms with E-state index in [-0.39, 0.29) is 0 Å². The molecule has 0 amide bonds. The maximum atomic E-state index is 5.55. The van der Waals surface area contributed by atoms with Gasteiger partial charge in [0.05, 0.1) is 13.2 Å². The van der Waals surface area contributed by atoms with Crippen LogP contribution in [0.2, 0.25) is 0 Å². The molecule has 0 saturated carbocycles. The van der Waals surface area contributed by atoms with E-state index in [9.17, 15) is 0 Å². The zero-order chi connectivity index (χ0) is 14.1. The number of nitrogens with zero attached hydrogens (tertiary/aromatic N) is 1. The molecule has 1 N–H and O–H groups in total. The van der Waals surface area contributed by atoms with Crippen LogP contribution in [0.25, 0.3) is 0 Å². The Morgan fingerprint density at radius 1 is 1.26 bits per heavy atom. The second kappa shape index (κ2) is 8.90. The van der Waals surface area contributed by atoms with Crippen LogP contribution in [0.1, 0.15) is 40.0 Å². The van der Waals surface area contributed by atoms with E-state index in [4.69, 9.17) is 9.47 Å². The highest BCUT2D eigenvalue weighted by atomic mass is 16.5. The summed E-state index contributed by atoms with van der Waals surface area (Å²) in [6, 6.07) is 0.647. The summed E-state index contributed by atoms with van der Waals surface area (Å²) < 4.78 is 10.5. The van der Waals surface area contributed by atoms with Crippen LogP contribution in [0.3, 0.4) is 0 Å². The summed E-state index contributed by atoms with van der Waals surface area (Å²) in [6.07, 6.45) is 3.51. The molecule has 1 rings (SSSR count). The van der Waals surface area contributed by atoms with Gasteiger partial charge in [0.15, 0.2) is 0 Å². The molecule has 1 saturated heterocycles. The van der Waals surface area contributed by atoms with E-state index >= 15 is 0 Å². The topological polar surface area (TPSA) is 33.7 Å². The van der Waals surface area contributed by atoms with Crippen LogP contribution in [0.5, 0.6) is 0 Å². The first-order valence-electron chi connectivity index (χ1n) is 7.71. The molecule has 2 unspecified atom stereocenters. The summed E-state index contributed by atoms with van der Waals surface area (Å²) in [5, 5.41) is 3.67. The van der Waals surface area contributed by atoms with Gasteiger partial charge in [-0.3, -0.25) is 4.90 Å². The van der Waals surface area contributed by atoms with Crippen molar-refractivity contribution in [3.63, 3.8) is 0 Å². The largest absolute Gasteiger partial charge is 0.382 e. The van der Waals surface area contributed by atoms with Crippen LogP contribution >= 0.6 is 0 Å². The van der Waals surface area contributed by atoms with Crippen molar-refractivity contribution in [2.75, 3.05) is 46.6 Å². The predicted octanol–water partition coefficient (Wildman–Crippen LogP) is 1.89. The third-order valence-corrected chi connectivity index (χ3v) is 4.38. The molecule has 1 fully saturated rings.